The third-order valence-electron chi connectivity index (χ3n) is 6.00. The van der Waals surface area contributed by atoms with E-state index in [-0.39, 0.29) is 11.8 Å². The van der Waals surface area contributed by atoms with Crippen molar-refractivity contribution in [2.24, 2.45) is 5.92 Å². The average Bonchev–Trinajstić information content (AvgIpc) is 3.22. The quantitative estimate of drug-likeness (QED) is 0.896. The van der Waals surface area contributed by atoms with Crippen LogP contribution < -0.4 is 0 Å². The van der Waals surface area contributed by atoms with Gasteiger partial charge in [-0.15, -0.1) is 0 Å². The fourth-order valence-corrected chi connectivity index (χ4v) is 4.24. The SMILES string of the molecule is O=C(C1CCN(Cc2ccco2)CC1)N1CCC(O)(c2cccnc2)CC1. The molecule has 0 saturated carbocycles. The number of amides is 1. The predicted molar refractivity (Wildman–Crippen MR) is 101 cm³/mol. The van der Waals surface area contributed by atoms with E-state index in [4.69, 9.17) is 4.42 Å². The number of aromatic nitrogens is 1. The van der Waals surface area contributed by atoms with Crippen LogP contribution in [-0.2, 0) is 16.9 Å². The summed E-state index contributed by atoms with van der Waals surface area (Å²) in [5.41, 5.74) is -0.0133. The van der Waals surface area contributed by atoms with Crippen LogP contribution in [0.4, 0.5) is 0 Å². The largest absolute Gasteiger partial charge is 0.468 e. The second kappa shape index (κ2) is 7.82. The zero-order valence-corrected chi connectivity index (χ0v) is 15.6. The number of piperidine rings is 2. The molecule has 6 heteroatoms. The van der Waals surface area contributed by atoms with Gasteiger partial charge in [0, 0.05) is 37.0 Å². The van der Waals surface area contributed by atoms with Crippen molar-refractivity contribution >= 4 is 5.91 Å². The van der Waals surface area contributed by atoms with Gasteiger partial charge in [0.2, 0.25) is 5.91 Å². The monoisotopic (exact) mass is 369 g/mol. The minimum Gasteiger partial charge on any atom is -0.468 e. The van der Waals surface area contributed by atoms with Crippen LogP contribution in [-0.4, -0.2) is 52.0 Å². The number of carbonyl (C=O) groups excluding carboxylic acids is 1. The molecule has 2 aliphatic rings. The van der Waals surface area contributed by atoms with Crippen molar-refractivity contribution < 1.29 is 14.3 Å². The molecular weight excluding hydrogens is 342 g/mol. The lowest BCUT2D eigenvalue weighted by Gasteiger charge is -2.40. The Labute approximate surface area is 159 Å². The highest BCUT2D eigenvalue weighted by Crippen LogP contribution is 2.33. The number of carbonyl (C=O) groups is 1. The van der Waals surface area contributed by atoms with Gasteiger partial charge in [-0.2, -0.15) is 0 Å². The Balaban J connectivity index is 1.27. The van der Waals surface area contributed by atoms with E-state index in [1.165, 1.54) is 0 Å². The molecule has 2 aromatic rings. The minimum atomic E-state index is -0.864. The Kier molecular flexibility index (Phi) is 5.27. The van der Waals surface area contributed by atoms with Crippen molar-refractivity contribution in [1.29, 1.82) is 0 Å². The van der Waals surface area contributed by atoms with Crippen molar-refractivity contribution in [3.05, 3.63) is 54.2 Å². The average molecular weight is 369 g/mol. The number of likely N-dealkylation sites (tertiary alicyclic amines) is 2. The van der Waals surface area contributed by atoms with Gasteiger partial charge < -0.3 is 14.4 Å². The van der Waals surface area contributed by atoms with Gasteiger partial charge in [-0.05, 0) is 57.0 Å². The molecule has 27 heavy (non-hydrogen) atoms. The maximum Gasteiger partial charge on any atom is 0.225 e. The summed E-state index contributed by atoms with van der Waals surface area (Å²) in [4.78, 5) is 21.3. The second-order valence-corrected chi connectivity index (χ2v) is 7.73. The lowest BCUT2D eigenvalue weighted by atomic mass is 9.84. The Morgan fingerprint density at radius 1 is 1.19 bits per heavy atom. The van der Waals surface area contributed by atoms with Crippen molar-refractivity contribution in [1.82, 2.24) is 14.8 Å². The smallest absolute Gasteiger partial charge is 0.225 e. The van der Waals surface area contributed by atoms with Crippen LogP contribution >= 0.6 is 0 Å². The number of hydrogen-bond acceptors (Lipinski definition) is 5. The van der Waals surface area contributed by atoms with Crippen LogP contribution in [0.3, 0.4) is 0 Å². The van der Waals surface area contributed by atoms with Gasteiger partial charge in [-0.1, -0.05) is 6.07 Å². The summed E-state index contributed by atoms with van der Waals surface area (Å²) < 4.78 is 5.42. The molecule has 4 rings (SSSR count). The summed E-state index contributed by atoms with van der Waals surface area (Å²) in [6.07, 6.45) is 8.07. The molecule has 0 aromatic carbocycles. The standard InChI is InChI=1S/C21H27N3O3/c25-20(17-5-10-23(11-6-17)16-19-4-2-14-27-19)24-12-7-21(26,8-13-24)18-3-1-9-22-15-18/h1-4,9,14-15,17,26H,5-8,10-13,16H2. The minimum absolute atomic E-state index is 0.0995. The van der Waals surface area contributed by atoms with E-state index >= 15 is 0 Å². The van der Waals surface area contributed by atoms with E-state index in [1.54, 1.807) is 18.7 Å². The first-order chi connectivity index (χ1) is 13.1. The van der Waals surface area contributed by atoms with Crippen LogP contribution in [0.15, 0.2) is 47.3 Å². The van der Waals surface area contributed by atoms with Gasteiger partial charge in [-0.25, -0.2) is 0 Å². The van der Waals surface area contributed by atoms with Crippen LogP contribution in [0.1, 0.15) is 37.0 Å². The maximum absolute atomic E-state index is 12.9. The van der Waals surface area contributed by atoms with Crippen LogP contribution in [0, 0.1) is 5.92 Å². The first-order valence-corrected chi connectivity index (χ1v) is 9.80. The van der Waals surface area contributed by atoms with Crippen molar-refractivity contribution in [3.63, 3.8) is 0 Å². The van der Waals surface area contributed by atoms with Crippen LogP contribution in [0.5, 0.6) is 0 Å². The molecule has 144 valence electrons. The summed E-state index contributed by atoms with van der Waals surface area (Å²) in [6, 6.07) is 7.67. The van der Waals surface area contributed by atoms with Gasteiger partial charge in [0.25, 0.3) is 0 Å². The summed E-state index contributed by atoms with van der Waals surface area (Å²) >= 11 is 0. The topological polar surface area (TPSA) is 69.8 Å². The maximum atomic E-state index is 12.9. The van der Waals surface area contributed by atoms with Crippen LogP contribution in [0.2, 0.25) is 0 Å². The molecule has 2 aliphatic heterocycles. The molecule has 1 amide bonds. The Morgan fingerprint density at radius 3 is 2.59 bits per heavy atom. The first kappa shape index (κ1) is 18.2. The van der Waals surface area contributed by atoms with Gasteiger partial charge in [0.05, 0.1) is 18.4 Å². The molecule has 0 spiro atoms. The number of rotatable bonds is 4. The summed E-state index contributed by atoms with van der Waals surface area (Å²) in [7, 11) is 0. The molecular formula is C21H27N3O3. The molecule has 6 nitrogen and oxygen atoms in total. The molecule has 2 aromatic heterocycles. The molecule has 0 atom stereocenters. The molecule has 0 bridgehead atoms. The van der Waals surface area contributed by atoms with E-state index in [1.807, 2.05) is 29.2 Å². The third kappa shape index (κ3) is 4.06. The number of hydrogen-bond donors (Lipinski definition) is 1. The molecule has 0 radical (unpaired) electrons. The van der Waals surface area contributed by atoms with E-state index in [9.17, 15) is 9.90 Å². The highest BCUT2D eigenvalue weighted by Gasteiger charge is 2.37. The highest BCUT2D eigenvalue weighted by atomic mass is 16.3. The van der Waals surface area contributed by atoms with E-state index in [2.05, 4.69) is 9.88 Å². The number of aliphatic hydroxyl groups is 1. The van der Waals surface area contributed by atoms with E-state index < -0.39 is 5.60 Å². The summed E-state index contributed by atoms with van der Waals surface area (Å²) in [5.74, 6) is 1.33. The molecule has 2 saturated heterocycles. The normalized spacial score (nSPS) is 21.3. The molecule has 0 aliphatic carbocycles. The third-order valence-corrected chi connectivity index (χ3v) is 6.00. The second-order valence-electron chi connectivity index (χ2n) is 7.73. The molecule has 0 unspecified atom stereocenters. The number of pyridine rings is 1. The summed E-state index contributed by atoms with van der Waals surface area (Å²) in [6.45, 7) is 3.87. The van der Waals surface area contributed by atoms with Gasteiger partial charge in [-0.3, -0.25) is 14.7 Å². The Morgan fingerprint density at radius 2 is 1.96 bits per heavy atom. The summed E-state index contributed by atoms with van der Waals surface area (Å²) in [5, 5.41) is 10.9. The first-order valence-electron chi connectivity index (χ1n) is 9.80. The lowest BCUT2D eigenvalue weighted by molar-refractivity contribution is -0.141. The molecule has 2 fully saturated rings. The van der Waals surface area contributed by atoms with Gasteiger partial charge in [0.1, 0.15) is 5.76 Å². The lowest BCUT2D eigenvalue weighted by Crippen LogP contribution is -2.48. The molecule has 4 heterocycles. The number of furan rings is 1. The molecule has 1 N–H and O–H groups in total. The zero-order chi connectivity index (χ0) is 18.7. The number of nitrogens with zero attached hydrogens (tertiary/aromatic N) is 3. The highest BCUT2D eigenvalue weighted by molar-refractivity contribution is 5.79. The van der Waals surface area contributed by atoms with Crippen molar-refractivity contribution in [2.75, 3.05) is 26.2 Å². The van der Waals surface area contributed by atoms with Crippen LogP contribution in [0.25, 0.3) is 0 Å². The predicted octanol–water partition coefficient (Wildman–Crippen LogP) is 2.40. The van der Waals surface area contributed by atoms with E-state index in [0.717, 1.165) is 43.8 Å². The van der Waals surface area contributed by atoms with Gasteiger partial charge >= 0.3 is 0 Å². The van der Waals surface area contributed by atoms with Crippen molar-refractivity contribution in [3.8, 4) is 0 Å². The fourth-order valence-electron chi connectivity index (χ4n) is 4.24. The van der Waals surface area contributed by atoms with Crippen molar-refractivity contribution in [2.45, 2.75) is 37.8 Å². The zero-order valence-electron chi connectivity index (χ0n) is 15.6. The Bertz CT molecular complexity index is 731. The Hall–Kier alpha value is -2.18. The van der Waals surface area contributed by atoms with E-state index in [0.29, 0.717) is 25.9 Å². The van der Waals surface area contributed by atoms with Gasteiger partial charge in [0.15, 0.2) is 0 Å². The fraction of sp³-hybridized carbons (Fsp3) is 0.524.